The molecule has 1 heterocycles. The zero-order valence-corrected chi connectivity index (χ0v) is 14.0. The summed E-state index contributed by atoms with van der Waals surface area (Å²) in [7, 11) is 0. The Labute approximate surface area is 138 Å². The van der Waals surface area contributed by atoms with Gasteiger partial charge in [-0.1, -0.05) is 25.5 Å². The van der Waals surface area contributed by atoms with E-state index in [1.165, 1.54) is 29.1 Å². The van der Waals surface area contributed by atoms with Crippen molar-refractivity contribution in [1.29, 1.82) is 0 Å². The molecule has 22 heavy (non-hydrogen) atoms. The third-order valence-electron chi connectivity index (χ3n) is 2.93. The zero-order valence-electron chi connectivity index (χ0n) is 12.4. The van der Waals surface area contributed by atoms with Gasteiger partial charge in [-0.2, -0.15) is 4.99 Å². The number of nitrogens with two attached hydrogens (primary N) is 2. The number of guanidine groups is 1. The van der Waals surface area contributed by atoms with Crippen LogP contribution in [0.2, 0.25) is 0 Å². The van der Waals surface area contributed by atoms with Crippen LogP contribution in [-0.2, 0) is 0 Å². The lowest BCUT2D eigenvalue weighted by molar-refractivity contribution is 0.101. The highest BCUT2D eigenvalue weighted by Gasteiger charge is 2.10. The van der Waals surface area contributed by atoms with Crippen molar-refractivity contribution in [2.45, 2.75) is 24.7 Å². The Morgan fingerprint density at radius 1 is 1.27 bits per heavy atom. The first kappa shape index (κ1) is 16.6. The van der Waals surface area contributed by atoms with Crippen molar-refractivity contribution in [3.8, 4) is 10.4 Å². The SMILES string of the molecule is CCCCSc1cccc(-c2ccc(C(=O)N=C(N)N)s2)c1. The minimum absolute atomic E-state index is 0.214. The summed E-state index contributed by atoms with van der Waals surface area (Å²) in [6.45, 7) is 2.19. The van der Waals surface area contributed by atoms with Crippen molar-refractivity contribution in [2.24, 2.45) is 16.5 Å². The van der Waals surface area contributed by atoms with Gasteiger partial charge in [0.1, 0.15) is 0 Å². The summed E-state index contributed by atoms with van der Waals surface area (Å²) in [4.78, 5) is 18.2. The number of rotatable bonds is 6. The van der Waals surface area contributed by atoms with Gasteiger partial charge in [0.25, 0.3) is 5.91 Å². The molecule has 0 aliphatic rings. The molecule has 1 amide bonds. The Morgan fingerprint density at radius 3 is 2.82 bits per heavy atom. The van der Waals surface area contributed by atoms with E-state index in [9.17, 15) is 4.79 Å². The Hall–Kier alpha value is -1.79. The number of aliphatic imine (C=N–C) groups is 1. The lowest BCUT2D eigenvalue weighted by Gasteiger charge is -2.03. The lowest BCUT2D eigenvalue weighted by atomic mass is 10.2. The Bertz CT molecular complexity index is 676. The molecule has 0 aliphatic carbocycles. The van der Waals surface area contributed by atoms with Crippen molar-refractivity contribution >= 4 is 35.0 Å². The number of unbranched alkanes of at least 4 members (excludes halogenated alkanes) is 1. The molecule has 2 aromatic rings. The molecule has 4 nitrogen and oxygen atoms in total. The molecule has 0 fully saturated rings. The second kappa shape index (κ2) is 8.00. The molecule has 1 aromatic heterocycles. The van der Waals surface area contributed by atoms with Crippen LogP contribution in [-0.4, -0.2) is 17.6 Å². The van der Waals surface area contributed by atoms with Crippen molar-refractivity contribution in [2.75, 3.05) is 5.75 Å². The molecular weight excluding hydrogens is 314 g/mol. The summed E-state index contributed by atoms with van der Waals surface area (Å²) < 4.78 is 0. The first-order chi connectivity index (χ1) is 10.6. The normalized spacial score (nSPS) is 10.4. The summed E-state index contributed by atoms with van der Waals surface area (Å²) in [5.74, 6) is 0.512. The maximum atomic E-state index is 11.8. The van der Waals surface area contributed by atoms with E-state index in [0.29, 0.717) is 4.88 Å². The van der Waals surface area contributed by atoms with Crippen LogP contribution in [0, 0.1) is 0 Å². The van der Waals surface area contributed by atoms with Gasteiger partial charge in [-0.05, 0) is 42.0 Å². The average molecular weight is 333 g/mol. The van der Waals surface area contributed by atoms with Crippen molar-refractivity contribution < 1.29 is 4.79 Å². The van der Waals surface area contributed by atoms with Gasteiger partial charge in [0.05, 0.1) is 4.88 Å². The maximum Gasteiger partial charge on any atom is 0.290 e. The quantitative estimate of drug-likeness (QED) is 0.365. The van der Waals surface area contributed by atoms with Crippen molar-refractivity contribution in [3.05, 3.63) is 41.3 Å². The fourth-order valence-electron chi connectivity index (χ4n) is 1.85. The van der Waals surface area contributed by atoms with Gasteiger partial charge in [-0.25, -0.2) is 0 Å². The van der Waals surface area contributed by atoms with Crippen LogP contribution < -0.4 is 11.5 Å². The third kappa shape index (κ3) is 4.61. The molecule has 0 saturated carbocycles. The van der Waals surface area contributed by atoms with Crippen LogP contribution in [0.25, 0.3) is 10.4 Å². The summed E-state index contributed by atoms with van der Waals surface area (Å²) in [5, 5.41) is 0. The van der Waals surface area contributed by atoms with Gasteiger partial charge in [-0.3, -0.25) is 4.79 Å². The Morgan fingerprint density at radius 2 is 2.09 bits per heavy atom. The summed E-state index contributed by atoms with van der Waals surface area (Å²) in [6.07, 6.45) is 2.42. The van der Waals surface area contributed by atoms with E-state index in [4.69, 9.17) is 11.5 Å². The van der Waals surface area contributed by atoms with E-state index < -0.39 is 5.91 Å². The van der Waals surface area contributed by atoms with Crippen molar-refractivity contribution in [3.63, 3.8) is 0 Å². The average Bonchev–Trinajstić information content (AvgIpc) is 2.97. The topological polar surface area (TPSA) is 81.5 Å². The zero-order chi connectivity index (χ0) is 15.9. The minimum Gasteiger partial charge on any atom is -0.370 e. The number of hydrogen-bond donors (Lipinski definition) is 2. The first-order valence-electron chi connectivity index (χ1n) is 7.07. The van der Waals surface area contributed by atoms with Crippen molar-refractivity contribution in [1.82, 2.24) is 0 Å². The van der Waals surface area contributed by atoms with Gasteiger partial charge in [-0.15, -0.1) is 23.1 Å². The Kier molecular flexibility index (Phi) is 6.03. The smallest absolute Gasteiger partial charge is 0.290 e. The molecular formula is C16H19N3OS2. The van der Waals surface area contributed by atoms with Gasteiger partial charge in [0, 0.05) is 9.77 Å². The highest BCUT2D eigenvalue weighted by Crippen LogP contribution is 2.31. The number of thioether (sulfide) groups is 1. The highest BCUT2D eigenvalue weighted by atomic mass is 32.2. The molecule has 6 heteroatoms. The molecule has 4 N–H and O–H groups in total. The lowest BCUT2D eigenvalue weighted by Crippen LogP contribution is -2.24. The third-order valence-corrected chi connectivity index (χ3v) is 5.13. The molecule has 0 aliphatic heterocycles. The van der Waals surface area contributed by atoms with Gasteiger partial charge in [0.2, 0.25) is 0 Å². The number of nitrogens with zero attached hydrogens (tertiary/aromatic N) is 1. The largest absolute Gasteiger partial charge is 0.370 e. The number of thiophene rings is 1. The molecule has 0 bridgehead atoms. The first-order valence-corrected chi connectivity index (χ1v) is 8.87. The predicted molar refractivity (Wildman–Crippen MR) is 95.5 cm³/mol. The van der Waals surface area contributed by atoms with E-state index in [1.54, 1.807) is 6.07 Å². The fourth-order valence-corrected chi connectivity index (χ4v) is 3.79. The minimum atomic E-state index is -0.398. The molecule has 0 atom stereocenters. The fraction of sp³-hybridized carbons (Fsp3) is 0.250. The van der Waals surface area contributed by atoms with Gasteiger partial charge >= 0.3 is 0 Å². The van der Waals surface area contributed by atoms with E-state index in [1.807, 2.05) is 30.0 Å². The van der Waals surface area contributed by atoms with Gasteiger partial charge < -0.3 is 11.5 Å². The van der Waals surface area contributed by atoms with Crippen LogP contribution in [0.5, 0.6) is 0 Å². The number of benzene rings is 1. The number of amides is 1. The number of carbonyl (C=O) groups excluding carboxylic acids is 1. The standard InChI is InChI=1S/C16H19N3OS2/c1-2-3-9-21-12-6-4-5-11(10-12)13-7-8-14(22-13)15(20)19-16(17)18/h4-8,10H,2-3,9H2,1H3,(H4,17,18,19,20). The Balaban J connectivity index is 2.15. The molecule has 0 unspecified atom stereocenters. The monoisotopic (exact) mass is 333 g/mol. The summed E-state index contributed by atoms with van der Waals surface area (Å²) >= 11 is 3.25. The summed E-state index contributed by atoms with van der Waals surface area (Å²) in [6, 6.07) is 12.0. The van der Waals surface area contributed by atoms with Crippen LogP contribution >= 0.6 is 23.1 Å². The van der Waals surface area contributed by atoms with Crippen LogP contribution in [0.15, 0.2) is 46.3 Å². The molecule has 1 aromatic carbocycles. The number of carbonyl (C=O) groups is 1. The highest BCUT2D eigenvalue weighted by molar-refractivity contribution is 7.99. The molecule has 2 rings (SSSR count). The second-order valence-corrected chi connectivity index (χ2v) is 6.99. The van der Waals surface area contributed by atoms with E-state index in [-0.39, 0.29) is 5.96 Å². The molecule has 0 saturated heterocycles. The van der Waals surface area contributed by atoms with E-state index >= 15 is 0 Å². The van der Waals surface area contributed by atoms with E-state index in [2.05, 4.69) is 24.0 Å². The molecule has 0 spiro atoms. The second-order valence-electron chi connectivity index (χ2n) is 4.74. The molecule has 116 valence electrons. The number of hydrogen-bond acceptors (Lipinski definition) is 3. The predicted octanol–water partition coefficient (Wildman–Crippen LogP) is 3.72. The maximum absolute atomic E-state index is 11.8. The van der Waals surface area contributed by atoms with Gasteiger partial charge in [0.15, 0.2) is 5.96 Å². The molecule has 0 radical (unpaired) electrons. The van der Waals surface area contributed by atoms with Crippen LogP contribution in [0.4, 0.5) is 0 Å². The van der Waals surface area contributed by atoms with E-state index in [0.717, 1.165) is 16.2 Å². The summed E-state index contributed by atoms with van der Waals surface area (Å²) in [5.41, 5.74) is 11.6. The van der Waals surface area contributed by atoms with Crippen LogP contribution in [0.3, 0.4) is 0 Å². The van der Waals surface area contributed by atoms with Crippen LogP contribution in [0.1, 0.15) is 29.4 Å².